The van der Waals surface area contributed by atoms with Crippen molar-refractivity contribution in [1.82, 2.24) is 25.1 Å². The van der Waals surface area contributed by atoms with Crippen molar-refractivity contribution in [3.05, 3.63) is 54.6 Å². The molecule has 2 aromatic heterocycles. The standard InChI is InChI=1S/C23H36N6O2/c1-5-25-21(27-13-17-28-14-6-7-15-28)26-12-9-16-29(22(30)31-23(2,3)4)19-20-10-8-11-24-18-20/h6-8,10-11,14-15,18H,5,9,12-13,16-17,19H2,1-4H3,(H2,25,26,27). The van der Waals surface area contributed by atoms with Gasteiger partial charge in [-0.25, -0.2) is 4.79 Å². The fourth-order valence-corrected chi connectivity index (χ4v) is 2.89. The Kier molecular flexibility index (Phi) is 9.87. The van der Waals surface area contributed by atoms with E-state index in [9.17, 15) is 4.79 Å². The largest absolute Gasteiger partial charge is 0.444 e. The van der Waals surface area contributed by atoms with E-state index in [1.807, 2.05) is 64.4 Å². The maximum Gasteiger partial charge on any atom is 0.410 e. The monoisotopic (exact) mass is 428 g/mol. The highest BCUT2D eigenvalue weighted by atomic mass is 16.6. The third kappa shape index (κ3) is 10.0. The lowest BCUT2D eigenvalue weighted by molar-refractivity contribution is 0.0232. The number of carbonyl (C=O) groups excluding carboxylic acids is 1. The van der Waals surface area contributed by atoms with Gasteiger partial charge in [0, 0.05) is 57.5 Å². The predicted molar refractivity (Wildman–Crippen MR) is 124 cm³/mol. The third-order valence-electron chi connectivity index (χ3n) is 4.28. The van der Waals surface area contributed by atoms with Gasteiger partial charge in [0.2, 0.25) is 0 Å². The van der Waals surface area contributed by atoms with Crippen LogP contribution in [0.5, 0.6) is 0 Å². The molecule has 2 aromatic rings. The van der Waals surface area contributed by atoms with Gasteiger partial charge in [-0.1, -0.05) is 6.07 Å². The summed E-state index contributed by atoms with van der Waals surface area (Å²) in [5, 5.41) is 6.61. The number of guanidine groups is 1. The van der Waals surface area contributed by atoms with Crippen molar-refractivity contribution < 1.29 is 9.53 Å². The van der Waals surface area contributed by atoms with E-state index in [0.717, 1.165) is 37.6 Å². The zero-order valence-electron chi connectivity index (χ0n) is 19.2. The number of pyridine rings is 1. The molecule has 0 radical (unpaired) electrons. The van der Waals surface area contributed by atoms with E-state index in [1.54, 1.807) is 17.3 Å². The molecule has 31 heavy (non-hydrogen) atoms. The summed E-state index contributed by atoms with van der Waals surface area (Å²) >= 11 is 0. The molecule has 0 aromatic carbocycles. The summed E-state index contributed by atoms with van der Waals surface area (Å²) in [5.74, 6) is 0.783. The van der Waals surface area contributed by atoms with Crippen LogP contribution in [0.3, 0.4) is 0 Å². The van der Waals surface area contributed by atoms with Crippen molar-refractivity contribution in [2.24, 2.45) is 4.99 Å². The summed E-state index contributed by atoms with van der Waals surface area (Å²) in [6.45, 7) is 11.7. The summed E-state index contributed by atoms with van der Waals surface area (Å²) in [5.41, 5.74) is 0.432. The normalized spacial score (nSPS) is 11.8. The molecule has 0 saturated heterocycles. The third-order valence-corrected chi connectivity index (χ3v) is 4.28. The molecule has 0 unspecified atom stereocenters. The summed E-state index contributed by atoms with van der Waals surface area (Å²) in [6, 6.07) is 7.86. The molecule has 0 aliphatic rings. The fourth-order valence-electron chi connectivity index (χ4n) is 2.89. The molecular formula is C23H36N6O2. The Bertz CT molecular complexity index is 784. The van der Waals surface area contributed by atoms with Crippen LogP contribution in [-0.4, -0.2) is 58.3 Å². The van der Waals surface area contributed by atoms with Gasteiger partial charge in [0.05, 0.1) is 6.54 Å². The van der Waals surface area contributed by atoms with Gasteiger partial charge in [-0.3, -0.25) is 9.98 Å². The number of nitrogens with zero attached hydrogens (tertiary/aromatic N) is 4. The van der Waals surface area contributed by atoms with Crippen LogP contribution in [0.25, 0.3) is 0 Å². The Labute approximate surface area is 185 Å². The Hall–Kier alpha value is -3.03. The Balaban J connectivity index is 1.87. The van der Waals surface area contributed by atoms with E-state index in [-0.39, 0.29) is 6.09 Å². The minimum atomic E-state index is -0.537. The number of aliphatic imine (C=N–C) groups is 1. The van der Waals surface area contributed by atoms with Crippen molar-refractivity contribution >= 4 is 12.1 Å². The van der Waals surface area contributed by atoms with Crippen LogP contribution in [0.1, 0.15) is 39.7 Å². The molecule has 0 atom stereocenters. The number of amides is 1. The van der Waals surface area contributed by atoms with E-state index in [1.165, 1.54) is 0 Å². The second-order valence-electron chi connectivity index (χ2n) is 8.23. The van der Waals surface area contributed by atoms with Crippen LogP contribution in [0.2, 0.25) is 0 Å². The summed E-state index contributed by atoms with van der Waals surface area (Å²) in [6.07, 6.45) is 7.98. The van der Waals surface area contributed by atoms with Gasteiger partial charge < -0.3 is 24.8 Å². The lowest BCUT2D eigenvalue weighted by Crippen LogP contribution is -2.39. The van der Waals surface area contributed by atoms with Crippen molar-refractivity contribution in [3.63, 3.8) is 0 Å². The number of ether oxygens (including phenoxy) is 1. The molecule has 0 spiro atoms. The molecule has 0 bridgehead atoms. The molecule has 0 aliphatic heterocycles. The van der Waals surface area contributed by atoms with Gasteiger partial charge in [0.25, 0.3) is 0 Å². The van der Waals surface area contributed by atoms with Crippen LogP contribution < -0.4 is 10.6 Å². The molecule has 0 aliphatic carbocycles. The Morgan fingerprint density at radius 2 is 2.00 bits per heavy atom. The van der Waals surface area contributed by atoms with Gasteiger partial charge in [-0.2, -0.15) is 0 Å². The van der Waals surface area contributed by atoms with Crippen LogP contribution in [0.15, 0.2) is 54.0 Å². The first kappa shape index (κ1) is 24.2. The van der Waals surface area contributed by atoms with Gasteiger partial charge >= 0.3 is 6.09 Å². The second-order valence-corrected chi connectivity index (χ2v) is 8.23. The number of hydrogen-bond acceptors (Lipinski definition) is 4. The van der Waals surface area contributed by atoms with Crippen LogP contribution in [0, 0.1) is 0 Å². The van der Waals surface area contributed by atoms with E-state index in [0.29, 0.717) is 19.6 Å². The van der Waals surface area contributed by atoms with Gasteiger partial charge in [0.15, 0.2) is 5.96 Å². The zero-order chi connectivity index (χ0) is 22.5. The number of aromatic nitrogens is 2. The lowest BCUT2D eigenvalue weighted by atomic mass is 10.2. The van der Waals surface area contributed by atoms with E-state index in [2.05, 4.69) is 25.2 Å². The predicted octanol–water partition coefficient (Wildman–Crippen LogP) is 3.27. The van der Waals surface area contributed by atoms with E-state index < -0.39 is 5.60 Å². The smallest absolute Gasteiger partial charge is 0.410 e. The minimum Gasteiger partial charge on any atom is -0.444 e. The van der Waals surface area contributed by atoms with Crippen LogP contribution in [0.4, 0.5) is 4.79 Å². The van der Waals surface area contributed by atoms with Gasteiger partial charge in [-0.05, 0) is 57.9 Å². The number of nitrogens with one attached hydrogen (secondary N) is 2. The highest BCUT2D eigenvalue weighted by Crippen LogP contribution is 2.13. The van der Waals surface area contributed by atoms with Gasteiger partial charge in [0.1, 0.15) is 5.60 Å². The fraction of sp³-hybridized carbons (Fsp3) is 0.522. The first-order valence-corrected chi connectivity index (χ1v) is 10.9. The number of hydrogen-bond donors (Lipinski definition) is 2. The molecule has 170 valence electrons. The highest BCUT2D eigenvalue weighted by molar-refractivity contribution is 5.79. The Morgan fingerprint density at radius 1 is 1.23 bits per heavy atom. The topological polar surface area (TPSA) is 83.8 Å². The summed E-state index contributed by atoms with van der Waals surface area (Å²) in [4.78, 5) is 23.2. The van der Waals surface area contributed by atoms with Gasteiger partial charge in [-0.15, -0.1) is 0 Å². The van der Waals surface area contributed by atoms with E-state index in [4.69, 9.17) is 4.74 Å². The van der Waals surface area contributed by atoms with Crippen molar-refractivity contribution in [1.29, 1.82) is 0 Å². The second kappa shape index (κ2) is 12.6. The SMILES string of the molecule is CCNC(=NCCCN(Cc1cccnc1)C(=O)OC(C)(C)C)NCCn1cccc1. The minimum absolute atomic E-state index is 0.322. The molecule has 0 fully saturated rings. The van der Waals surface area contributed by atoms with Crippen LogP contribution in [-0.2, 0) is 17.8 Å². The Morgan fingerprint density at radius 3 is 2.65 bits per heavy atom. The average molecular weight is 429 g/mol. The lowest BCUT2D eigenvalue weighted by Gasteiger charge is -2.27. The molecule has 0 saturated carbocycles. The number of rotatable bonds is 10. The van der Waals surface area contributed by atoms with Crippen LogP contribution >= 0.6 is 0 Å². The molecule has 2 heterocycles. The molecule has 2 N–H and O–H groups in total. The zero-order valence-corrected chi connectivity index (χ0v) is 19.2. The molecular weight excluding hydrogens is 392 g/mol. The number of carbonyl (C=O) groups is 1. The molecule has 1 amide bonds. The quantitative estimate of drug-likeness (QED) is 0.345. The van der Waals surface area contributed by atoms with Crippen molar-refractivity contribution in [2.75, 3.05) is 26.2 Å². The van der Waals surface area contributed by atoms with Crippen molar-refractivity contribution in [2.45, 2.75) is 52.8 Å². The average Bonchev–Trinajstić information content (AvgIpc) is 3.23. The highest BCUT2D eigenvalue weighted by Gasteiger charge is 2.22. The first-order valence-electron chi connectivity index (χ1n) is 10.9. The first-order chi connectivity index (χ1) is 14.9. The maximum absolute atomic E-state index is 12.7. The van der Waals surface area contributed by atoms with Crippen molar-refractivity contribution in [3.8, 4) is 0 Å². The summed E-state index contributed by atoms with van der Waals surface area (Å²) in [7, 11) is 0. The molecule has 2 rings (SSSR count). The summed E-state index contributed by atoms with van der Waals surface area (Å²) < 4.78 is 7.70. The van der Waals surface area contributed by atoms with E-state index >= 15 is 0 Å². The maximum atomic E-state index is 12.7. The molecule has 8 heteroatoms. The molecule has 8 nitrogen and oxygen atoms in total.